The molecule has 0 amide bonds. The molecule has 4 aliphatic carbocycles. The van der Waals surface area contributed by atoms with Crippen LogP contribution in [-0.2, 0) is 0 Å². The summed E-state index contributed by atoms with van der Waals surface area (Å²) in [6.45, 7) is 11.5. The summed E-state index contributed by atoms with van der Waals surface area (Å²) in [6.07, 6.45) is 17.0. The summed E-state index contributed by atoms with van der Waals surface area (Å²) in [5.41, 5.74) is 1.42. The third kappa shape index (κ3) is 3.57. The molecule has 0 heterocycles. The molecule has 0 aromatic carbocycles. The Balaban J connectivity index is 1.57. The van der Waals surface area contributed by atoms with Crippen molar-refractivity contribution in [1.29, 1.82) is 0 Å². The molecule has 0 radical (unpaired) electrons. The van der Waals surface area contributed by atoms with Gasteiger partial charge < -0.3 is 10.2 Å². The highest BCUT2D eigenvalue weighted by Crippen LogP contribution is 2.67. The van der Waals surface area contributed by atoms with Gasteiger partial charge in [0.2, 0.25) is 0 Å². The van der Waals surface area contributed by atoms with Gasteiger partial charge in [-0.3, -0.25) is 0 Å². The van der Waals surface area contributed by atoms with Crippen LogP contribution in [0.15, 0.2) is 23.8 Å². The van der Waals surface area contributed by atoms with Crippen LogP contribution in [0, 0.1) is 40.4 Å². The van der Waals surface area contributed by atoms with Crippen LogP contribution in [0.4, 0.5) is 0 Å². The van der Waals surface area contributed by atoms with Gasteiger partial charge in [-0.05, 0) is 105 Å². The normalized spacial score (nSPS) is 46.8. The van der Waals surface area contributed by atoms with Crippen molar-refractivity contribution in [2.45, 2.75) is 104 Å². The maximum absolute atomic E-state index is 11.5. The smallest absolute Gasteiger partial charge is 0.0832 e. The van der Waals surface area contributed by atoms with Crippen molar-refractivity contribution in [3.63, 3.8) is 0 Å². The van der Waals surface area contributed by atoms with Crippen molar-refractivity contribution in [2.24, 2.45) is 40.4 Å². The van der Waals surface area contributed by atoms with Gasteiger partial charge in [0.15, 0.2) is 0 Å². The molecule has 2 heteroatoms. The summed E-state index contributed by atoms with van der Waals surface area (Å²) in [5.74, 6) is 3.28. The van der Waals surface area contributed by atoms with Crippen LogP contribution >= 0.6 is 0 Å². The van der Waals surface area contributed by atoms with Gasteiger partial charge in [-0.2, -0.15) is 0 Å². The van der Waals surface area contributed by atoms with Crippen LogP contribution in [0.1, 0.15) is 92.4 Å². The molecule has 4 aliphatic rings. The molecular formula is C27H44O2. The van der Waals surface area contributed by atoms with E-state index in [1.165, 1.54) is 25.7 Å². The Hall–Kier alpha value is -0.600. The second-order valence-corrected chi connectivity index (χ2v) is 12.1. The predicted octanol–water partition coefficient (Wildman–Crippen LogP) is 6.28. The van der Waals surface area contributed by atoms with Gasteiger partial charge >= 0.3 is 0 Å². The number of hydrogen-bond donors (Lipinski definition) is 2. The summed E-state index contributed by atoms with van der Waals surface area (Å²) < 4.78 is 0. The zero-order valence-corrected chi connectivity index (χ0v) is 19.5. The number of aliphatic hydroxyl groups is 2. The van der Waals surface area contributed by atoms with Crippen LogP contribution in [0.2, 0.25) is 0 Å². The molecule has 29 heavy (non-hydrogen) atoms. The topological polar surface area (TPSA) is 40.5 Å². The minimum atomic E-state index is -0.695. The van der Waals surface area contributed by atoms with Gasteiger partial charge in [0, 0.05) is 0 Å². The Morgan fingerprint density at radius 3 is 2.62 bits per heavy atom. The maximum atomic E-state index is 11.5. The summed E-state index contributed by atoms with van der Waals surface area (Å²) in [7, 11) is 0. The first kappa shape index (κ1) is 21.6. The van der Waals surface area contributed by atoms with E-state index in [2.05, 4.69) is 52.8 Å². The maximum Gasteiger partial charge on any atom is 0.0832 e. The van der Waals surface area contributed by atoms with Crippen molar-refractivity contribution >= 4 is 0 Å². The number of fused-ring (bicyclic) bond motifs is 5. The molecular weight excluding hydrogens is 356 g/mol. The summed E-state index contributed by atoms with van der Waals surface area (Å²) >= 11 is 0. The molecule has 0 aromatic heterocycles. The summed E-state index contributed by atoms with van der Waals surface area (Å²) in [5, 5.41) is 21.7. The van der Waals surface area contributed by atoms with Crippen molar-refractivity contribution in [1.82, 2.24) is 0 Å². The molecule has 0 aliphatic heterocycles. The Kier molecular flexibility index (Phi) is 5.61. The average Bonchev–Trinajstić information content (AvgIpc) is 3.00. The first-order chi connectivity index (χ1) is 13.6. The Morgan fingerprint density at radius 1 is 1.14 bits per heavy atom. The highest BCUT2D eigenvalue weighted by molar-refractivity contribution is 5.26. The van der Waals surface area contributed by atoms with E-state index in [-0.39, 0.29) is 11.5 Å². The molecule has 0 saturated heterocycles. The third-order valence-corrected chi connectivity index (χ3v) is 9.85. The molecule has 0 spiro atoms. The second-order valence-electron chi connectivity index (χ2n) is 12.1. The molecule has 164 valence electrons. The fraction of sp³-hybridized carbons (Fsp3) is 0.852. The largest absolute Gasteiger partial charge is 0.393 e. The first-order valence-corrected chi connectivity index (χ1v) is 12.4. The molecule has 0 aromatic rings. The lowest BCUT2D eigenvalue weighted by molar-refractivity contribution is -0.0854. The molecule has 0 bridgehead atoms. The average molecular weight is 401 g/mol. The zero-order chi connectivity index (χ0) is 21.0. The number of hydrogen-bond acceptors (Lipinski definition) is 2. The molecule has 2 N–H and O–H groups in total. The van der Waals surface area contributed by atoms with E-state index >= 15 is 0 Å². The fourth-order valence-corrected chi connectivity index (χ4v) is 8.30. The van der Waals surface area contributed by atoms with Gasteiger partial charge in [0.1, 0.15) is 0 Å². The number of aliphatic hydroxyl groups excluding tert-OH is 1. The van der Waals surface area contributed by atoms with E-state index in [0.29, 0.717) is 17.3 Å². The van der Waals surface area contributed by atoms with Gasteiger partial charge in [-0.25, -0.2) is 0 Å². The Morgan fingerprint density at radius 2 is 1.90 bits per heavy atom. The Bertz CT molecular complexity index is 674. The van der Waals surface area contributed by atoms with Crippen LogP contribution in [-0.4, -0.2) is 21.9 Å². The standard InChI is InChI=1S/C27H44O2/c1-18(2)7-6-14-27(5,29)24-11-10-22-21-9-8-19-17-20(28)12-15-25(19,3)23(21)13-16-26(22,24)4/h6,8,14,18,20-24,28-29H,7,9-13,15-17H2,1-5H3/t20-,21-,22-,23-,24?,25-,26-,27-/m0/s1. The summed E-state index contributed by atoms with van der Waals surface area (Å²) in [4.78, 5) is 0. The highest BCUT2D eigenvalue weighted by atomic mass is 16.3. The minimum absolute atomic E-state index is 0.122. The third-order valence-electron chi connectivity index (χ3n) is 9.85. The van der Waals surface area contributed by atoms with E-state index in [9.17, 15) is 10.2 Å². The molecule has 4 rings (SSSR count). The van der Waals surface area contributed by atoms with Crippen LogP contribution in [0.5, 0.6) is 0 Å². The van der Waals surface area contributed by atoms with Gasteiger partial charge in [-0.1, -0.05) is 51.5 Å². The van der Waals surface area contributed by atoms with Crippen molar-refractivity contribution < 1.29 is 10.2 Å². The number of rotatable bonds is 4. The van der Waals surface area contributed by atoms with E-state index in [1.807, 2.05) is 0 Å². The van der Waals surface area contributed by atoms with Gasteiger partial charge in [-0.15, -0.1) is 0 Å². The lowest BCUT2D eigenvalue weighted by Gasteiger charge is -2.58. The van der Waals surface area contributed by atoms with Crippen LogP contribution < -0.4 is 0 Å². The fourth-order valence-electron chi connectivity index (χ4n) is 8.30. The molecule has 3 fully saturated rings. The molecule has 1 unspecified atom stereocenters. The van der Waals surface area contributed by atoms with E-state index in [0.717, 1.165) is 49.9 Å². The Labute approximate surface area is 178 Å². The van der Waals surface area contributed by atoms with E-state index in [4.69, 9.17) is 0 Å². The van der Waals surface area contributed by atoms with Crippen molar-refractivity contribution in [3.05, 3.63) is 23.8 Å². The lowest BCUT2D eigenvalue weighted by atomic mass is 9.47. The quantitative estimate of drug-likeness (QED) is 0.545. The van der Waals surface area contributed by atoms with Crippen LogP contribution in [0.3, 0.4) is 0 Å². The second kappa shape index (κ2) is 7.52. The van der Waals surface area contributed by atoms with Gasteiger partial charge in [0.25, 0.3) is 0 Å². The minimum Gasteiger partial charge on any atom is -0.393 e. The molecule has 2 nitrogen and oxygen atoms in total. The SMILES string of the molecule is CC(C)CC=C[C@](C)(O)C1CC[C@H]2[C@@H]3CC=C4C[C@@H](O)CC[C@]4(C)[C@H]3CC[C@]12C. The monoisotopic (exact) mass is 400 g/mol. The van der Waals surface area contributed by atoms with E-state index in [1.54, 1.807) is 5.57 Å². The van der Waals surface area contributed by atoms with Crippen LogP contribution in [0.25, 0.3) is 0 Å². The molecule has 3 saturated carbocycles. The van der Waals surface area contributed by atoms with Crippen molar-refractivity contribution in [2.75, 3.05) is 0 Å². The zero-order valence-electron chi connectivity index (χ0n) is 19.5. The van der Waals surface area contributed by atoms with Gasteiger partial charge in [0.05, 0.1) is 11.7 Å². The van der Waals surface area contributed by atoms with Crippen molar-refractivity contribution in [3.8, 4) is 0 Å². The molecule has 8 atom stereocenters. The van der Waals surface area contributed by atoms with E-state index < -0.39 is 5.60 Å². The highest BCUT2D eigenvalue weighted by Gasteiger charge is 2.60. The summed E-state index contributed by atoms with van der Waals surface area (Å²) in [6, 6.07) is 0. The first-order valence-electron chi connectivity index (χ1n) is 12.4. The lowest BCUT2D eigenvalue weighted by Crippen LogP contribution is -2.52. The number of allylic oxidation sites excluding steroid dienone is 2. The predicted molar refractivity (Wildman–Crippen MR) is 120 cm³/mol.